The molecule has 0 spiro atoms. The molecule has 1 amide bonds. The van der Waals surface area contributed by atoms with Crippen LogP contribution >= 0.6 is 0 Å². The second-order valence-electron chi connectivity index (χ2n) is 2.12. The molecule has 0 saturated heterocycles. The molecule has 0 N–H and O–H groups in total. The van der Waals surface area contributed by atoms with E-state index in [-0.39, 0.29) is 12.5 Å². The number of carbonyl (C=O) groups excluding carboxylic acids is 1. The molecular weight excluding hydrogens is 142 g/mol. The molecule has 0 aromatic heterocycles. The maximum Gasteiger partial charge on any atom is 0.248 e. The molecule has 0 aliphatic rings. The number of nitrogens with zero attached hydrogens (tertiary/aromatic N) is 1. The number of amides is 1. The number of hydrogen-bond donors (Lipinski definition) is 0. The highest BCUT2D eigenvalue weighted by Crippen LogP contribution is 1.89. The van der Waals surface area contributed by atoms with Crippen LogP contribution in [0.5, 0.6) is 0 Å². The first kappa shape index (κ1) is 10.4. The third-order valence-corrected chi connectivity index (χ3v) is 1.49. The van der Waals surface area contributed by atoms with E-state index in [2.05, 4.69) is 6.92 Å². The van der Waals surface area contributed by atoms with Crippen LogP contribution in [0.2, 0.25) is 0 Å². The fourth-order valence-electron chi connectivity index (χ4n) is 0.827. The summed E-state index contributed by atoms with van der Waals surface area (Å²) in [5.74, 6) is 0.0404. The van der Waals surface area contributed by atoms with E-state index >= 15 is 0 Å². The Bertz CT molecular complexity index is 111. The lowest BCUT2D eigenvalue weighted by molar-refractivity contribution is -0.135. The second-order valence-corrected chi connectivity index (χ2v) is 2.12. The lowest BCUT2D eigenvalue weighted by Crippen LogP contribution is -2.33. The highest BCUT2D eigenvalue weighted by Gasteiger charge is 2.07. The molecule has 3 heteroatoms. The van der Waals surface area contributed by atoms with Crippen molar-refractivity contribution in [1.82, 2.24) is 4.90 Å². The van der Waals surface area contributed by atoms with Crippen molar-refractivity contribution in [2.75, 3.05) is 26.3 Å². The van der Waals surface area contributed by atoms with Crippen molar-refractivity contribution in [1.29, 1.82) is 0 Å². The van der Waals surface area contributed by atoms with Crippen molar-refractivity contribution in [3.63, 3.8) is 0 Å². The summed E-state index contributed by atoms with van der Waals surface area (Å²) in [7, 11) is 0. The summed E-state index contributed by atoms with van der Waals surface area (Å²) in [6.45, 7) is 9.38. The van der Waals surface area contributed by atoms with Crippen LogP contribution in [0.15, 0.2) is 0 Å². The van der Waals surface area contributed by atoms with Gasteiger partial charge in [0.2, 0.25) is 5.91 Å². The third-order valence-electron chi connectivity index (χ3n) is 1.49. The number of likely N-dealkylation sites (N-methyl/N-ethyl adjacent to an activating group) is 1. The SMILES string of the molecule is [CH2]COCC(=O)N(CC)CC. The highest BCUT2D eigenvalue weighted by molar-refractivity contribution is 5.77. The molecule has 0 unspecified atom stereocenters. The van der Waals surface area contributed by atoms with Gasteiger partial charge in [0.05, 0.1) is 0 Å². The van der Waals surface area contributed by atoms with Gasteiger partial charge in [-0.25, -0.2) is 0 Å². The zero-order chi connectivity index (χ0) is 8.69. The van der Waals surface area contributed by atoms with Gasteiger partial charge in [-0.1, -0.05) is 0 Å². The third kappa shape index (κ3) is 3.98. The van der Waals surface area contributed by atoms with E-state index < -0.39 is 0 Å². The molecule has 11 heavy (non-hydrogen) atoms. The summed E-state index contributed by atoms with van der Waals surface area (Å²) in [4.78, 5) is 12.9. The zero-order valence-electron chi connectivity index (χ0n) is 7.30. The number of rotatable bonds is 5. The molecule has 3 nitrogen and oxygen atoms in total. The van der Waals surface area contributed by atoms with E-state index in [1.54, 1.807) is 4.90 Å². The van der Waals surface area contributed by atoms with Crippen LogP contribution in [0.4, 0.5) is 0 Å². The Morgan fingerprint density at radius 1 is 1.45 bits per heavy atom. The molecule has 0 aromatic rings. The first-order valence-corrected chi connectivity index (χ1v) is 3.91. The van der Waals surface area contributed by atoms with Crippen LogP contribution in [-0.2, 0) is 9.53 Å². The highest BCUT2D eigenvalue weighted by atomic mass is 16.5. The van der Waals surface area contributed by atoms with Crippen molar-refractivity contribution < 1.29 is 9.53 Å². The van der Waals surface area contributed by atoms with Crippen LogP contribution in [0.25, 0.3) is 0 Å². The predicted molar refractivity (Wildman–Crippen MR) is 44.1 cm³/mol. The maximum absolute atomic E-state index is 11.1. The van der Waals surface area contributed by atoms with E-state index in [9.17, 15) is 4.79 Å². The van der Waals surface area contributed by atoms with E-state index in [0.717, 1.165) is 13.1 Å². The Balaban J connectivity index is 3.61. The van der Waals surface area contributed by atoms with Crippen LogP contribution < -0.4 is 0 Å². The molecule has 65 valence electrons. The lowest BCUT2D eigenvalue weighted by atomic mass is 10.5. The van der Waals surface area contributed by atoms with Gasteiger partial charge < -0.3 is 9.64 Å². The van der Waals surface area contributed by atoms with E-state index in [4.69, 9.17) is 4.74 Å². The van der Waals surface area contributed by atoms with Gasteiger partial charge in [-0.05, 0) is 20.8 Å². The first-order chi connectivity index (χ1) is 5.26. The average Bonchev–Trinajstić information content (AvgIpc) is 2.03. The topological polar surface area (TPSA) is 29.5 Å². The van der Waals surface area contributed by atoms with Crippen LogP contribution in [0.3, 0.4) is 0 Å². The van der Waals surface area contributed by atoms with Gasteiger partial charge in [0.15, 0.2) is 0 Å². The van der Waals surface area contributed by atoms with Gasteiger partial charge in [0.1, 0.15) is 6.61 Å². The van der Waals surface area contributed by atoms with Crippen molar-refractivity contribution >= 4 is 5.91 Å². The molecule has 0 fully saturated rings. The van der Waals surface area contributed by atoms with Gasteiger partial charge in [-0.2, -0.15) is 0 Å². The Morgan fingerprint density at radius 3 is 2.36 bits per heavy atom. The smallest absolute Gasteiger partial charge is 0.248 e. The Labute approximate surface area is 68.3 Å². The quantitative estimate of drug-likeness (QED) is 0.589. The number of hydrogen-bond acceptors (Lipinski definition) is 2. The molecular formula is C8H16NO2. The summed E-state index contributed by atoms with van der Waals surface area (Å²) >= 11 is 0. The van der Waals surface area contributed by atoms with Crippen LogP contribution in [-0.4, -0.2) is 37.1 Å². The van der Waals surface area contributed by atoms with Gasteiger partial charge in [-0.3, -0.25) is 4.79 Å². The monoisotopic (exact) mass is 158 g/mol. The number of carbonyl (C=O) groups is 1. The summed E-state index contributed by atoms with van der Waals surface area (Å²) < 4.78 is 4.88. The maximum atomic E-state index is 11.1. The Hall–Kier alpha value is -0.570. The minimum Gasteiger partial charge on any atom is -0.372 e. The standard InChI is InChI=1S/C8H16NO2/c1-4-9(5-2)8(10)7-11-6-3/h3-7H2,1-2H3. The molecule has 0 rings (SSSR count). The Morgan fingerprint density at radius 2 is 2.00 bits per heavy atom. The summed E-state index contributed by atoms with van der Waals surface area (Å²) in [5, 5.41) is 0. The minimum atomic E-state index is 0.0404. The molecule has 0 aliphatic carbocycles. The predicted octanol–water partition coefficient (Wildman–Crippen LogP) is 0.705. The number of ether oxygens (including phenoxy) is 1. The van der Waals surface area contributed by atoms with Crippen molar-refractivity contribution in [2.24, 2.45) is 0 Å². The van der Waals surface area contributed by atoms with Gasteiger partial charge in [0, 0.05) is 19.7 Å². The van der Waals surface area contributed by atoms with E-state index in [1.165, 1.54) is 0 Å². The summed E-state index contributed by atoms with van der Waals surface area (Å²) in [6.07, 6.45) is 0. The average molecular weight is 158 g/mol. The van der Waals surface area contributed by atoms with Crippen molar-refractivity contribution in [3.05, 3.63) is 6.92 Å². The lowest BCUT2D eigenvalue weighted by Gasteiger charge is -2.17. The Kier molecular flexibility index (Phi) is 5.84. The first-order valence-electron chi connectivity index (χ1n) is 3.91. The van der Waals surface area contributed by atoms with Gasteiger partial charge >= 0.3 is 0 Å². The summed E-state index contributed by atoms with van der Waals surface area (Å²) in [6, 6.07) is 0. The minimum absolute atomic E-state index is 0.0404. The van der Waals surface area contributed by atoms with E-state index in [0.29, 0.717) is 6.61 Å². The normalized spacial score (nSPS) is 9.73. The molecule has 0 aromatic carbocycles. The van der Waals surface area contributed by atoms with E-state index in [1.807, 2.05) is 13.8 Å². The fourth-order valence-corrected chi connectivity index (χ4v) is 0.827. The molecule has 0 saturated carbocycles. The van der Waals surface area contributed by atoms with Gasteiger partial charge in [-0.15, -0.1) is 0 Å². The molecule has 1 radical (unpaired) electrons. The molecule has 0 aliphatic heterocycles. The summed E-state index contributed by atoms with van der Waals surface area (Å²) in [5.41, 5.74) is 0. The second kappa shape index (κ2) is 6.16. The van der Waals surface area contributed by atoms with Crippen molar-refractivity contribution in [3.8, 4) is 0 Å². The van der Waals surface area contributed by atoms with Gasteiger partial charge in [0.25, 0.3) is 0 Å². The van der Waals surface area contributed by atoms with Crippen molar-refractivity contribution in [2.45, 2.75) is 13.8 Å². The molecule has 0 atom stereocenters. The zero-order valence-corrected chi connectivity index (χ0v) is 7.30. The molecule has 0 heterocycles. The molecule has 0 bridgehead atoms. The largest absolute Gasteiger partial charge is 0.372 e. The van der Waals surface area contributed by atoms with Crippen LogP contribution in [0.1, 0.15) is 13.8 Å². The van der Waals surface area contributed by atoms with Crippen LogP contribution in [0, 0.1) is 6.92 Å². The fraction of sp³-hybridized carbons (Fsp3) is 0.750.